The van der Waals surface area contributed by atoms with Gasteiger partial charge < -0.3 is 14.2 Å². The van der Waals surface area contributed by atoms with E-state index < -0.39 is 9.84 Å². The number of thiophene rings is 1. The molecule has 7 nitrogen and oxygen atoms in total. The molecule has 0 bridgehead atoms. The van der Waals surface area contributed by atoms with Crippen LogP contribution in [0.3, 0.4) is 0 Å². The SMILES string of the molecule is Cc1ccc(S(=O)(=O)c2nc(-c3cccs3)oc2N2CCN(C(=O)c3cccc4ccccc34)CC2)cc1. The van der Waals surface area contributed by atoms with Gasteiger partial charge in [0.25, 0.3) is 5.91 Å². The molecule has 0 radical (unpaired) electrons. The Morgan fingerprint density at radius 1 is 0.895 bits per heavy atom. The molecule has 1 aliphatic heterocycles. The largest absolute Gasteiger partial charge is 0.418 e. The number of hydrogen-bond donors (Lipinski definition) is 0. The number of aromatic nitrogens is 1. The smallest absolute Gasteiger partial charge is 0.254 e. The quantitative estimate of drug-likeness (QED) is 0.284. The summed E-state index contributed by atoms with van der Waals surface area (Å²) >= 11 is 1.43. The van der Waals surface area contributed by atoms with Gasteiger partial charge in [-0.3, -0.25) is 4.79 Å². The summed E-state index contributed by atoms with van der Waals surface area (Å²) in [6.07, 6.45) is 0. The predicted octanol–water partition coefficient (Wildman–Crippen LogP) is 5.66. The summed E-state index contributed by atoms with van der Waals surface area (Å²) in [6, 6.07) is 24.0. The molecule has 5 aromatic rings. The van der Waals surface area contributed by atoms with Gasteiger partial charge in [0.1, 0.15) is 0 Å². The standard InChI is InChI=1S/C29H25N3O4S2/c1-20-11-13-22(14-12-20)38(34,35)27-29(36-26(30-27)25-10-5-19-37-25)32-17-15-31(16-18-32)28(33)24-9-4-7-21-6-2-3-8-23(21)24/h2-14,19H,15-18H2,1H3. The monoisotopic (exact) mass is 543 g/mol. The molecule has 38 heavy (non-hydrogen) atoms. The van der Waals surface area contributed by atoms with Crippen LogP contribution in [0.4, 0.5) is 5.88 Å². The summed E-state index contributed by atoms with van der Waals surface area (Å²) < 4.78 is 33.4. The van der Waals surface area contributed by atoms with E-state index in [4.69, 9.17) is 4.42 Å². The minimum atomic E-state index is -3.93. The molecule has 1 amide bonds. The van der Waals surface area contributed by atoms with Crippen LogP contribution in [-0.4, -0.2) is 50.4 Å². The predicted molar refractivity (Wildman–Crippen MR) is 149 cm³/mol. The number of carbonyl (C=O) groups is 1. The van der Waals surface area contributed by atoms with E-state index in [0.717, 1.165) is 21.2 Å². The molecule has 3 aromatic carbocycles. The van der Waals surface area contributed by atoms with Crippen molar-refractivity contribution in [3.63, 3.8) is 0 Å². The second-order valence-corrected chi connectivity index (χ2v) is 12.0. The Balaban J connectivity index is 1.30. The lowest BCUT2D eigenvalue weighted by molar-refractivity contribution is 0.0747. The number of anilines is 1. The number of oxazole rings is 1. The summed E-state index contributed by atoms with van der Waals surface area (Å²) in [4.78, 5) is 22.5. The zero-order valence-electron chi connectivity index (χ0n) is 20.7. The molecule has 3 heterocycles. The van der Waals surface area contributed by atoms with Gasteiger partial charge >= 0.3 is 0 Å². The molecule has 0 atom stereocenters. The Labute approximate surface area is 224 Å². The highest BCUT2D eigenvalue weighted by Crippen LogP contribution is 2.36. The van der Waals surface area contributed by atoms with Gasteiger partial charge in [-0.05, 0) is 47.3 Å². The number of nitrogens with zero attached hydrogens (tertiary/aromatic N) is 3. The van der Waals surface area contributed by atoms with E-state index in [2.05, 4.69) is 4.98 Å². The normalized spacial score (nSPS) is 14.2. The third-order valence-corrected chi connectivity index (χ3v) is 9.30. The Bertz CT molecular complexity index is 1710. The van der Waals surface area contributed by atoms with Gasteiger partial charge in [-0.1, -0.05) is 60.2 Å². The van der Waals surface area contributed by atoms with E-state index in [1.165, 1.54) is 11.3 Å². The first-order chi connectivity index (χ1) is 18.4. The lowest BCUT2D eigenvalue weighted by Gasteiger charge is -2.35. The lowest BCUT2D eigenvalue weighted by atomic mass is 10.0. The van der Waals surface area contributed by atoms with E-state index >= 15 is 0 Å². The van der Waals surface area contributed by atoms with Crippen LogP contribution in [0.1, 0.15) is 15.9 Å². The van der Waals surface area contributed by atoms with E-state index in [9.17, 15) is 13.2 Å². The summed E-state index contributed by atoms with van der Waals surface area (Å²) in [5.74, 6) is 0.451. The zero-order chi connectivity index (χ0) is 26.3. The van der Waals surface area contributed by atoms with E-state index in [-0.39, 0.29) is 27.6 Å². The maximum absolute atomic E-state index is 13.7. The lowest BCUT2D eigenvalue weighted by Crippen LogP contribution is -2.49. The fourth-order valence-electron chi connectivity index (χ4n) is 4.70. The topological polar surface area (TPSA) is 83.7 Å². The van der Waals surface area contributed by atoms with Crippen LogP contribution in [0.2, 0.25) is 0 Å². The van der Waals surface area contributed by atoms with Gasteiger partial charge in [-0.25, -0.2) is 8.42 Å². The number of fused-ring (bicyclic) bond motifs is 1. The molecular weight excluding hydrogens is 518 g/mol. The third kappa shape index (κ3) is 4.37. The molecule has 6 rings (SSSR count). The van der Waals surface area contributed by atoms with Crippen molar-refractivity contribution in [3.05, 3.63) is 95.4 Å². The van der Waals surface area contributed by atoms with Gasteiger partial charge in [0.15, 0.2) is 0 Å². The highest BCUT2D eigenvalue weighted by Gasteiger charge is 2.34. The number of piperazine rings is 1. The molecule has 9 heteroatoms. The third-order valence-electron chi connectivity index (χ3n) is 6.77. The summed E-state index contributed by atoms with van der Waals surface area (Å²) in [5, 5.41) is 3.74. The molecule has 0 unspecified atom stereocenters. The van der Waals surface area contributed by atoms with Crippen LogP contribution in [0, 0.1) is 6.92 Å². The second kappa shape index (κ2) is 9.74. The number of hydrogen-bond acceptors (Lipinski definition) is 7. The Hall–Kier alpha value is -3.95. The van der Waals surface area contributed by atoms with Gasteiger partial charge in [0, 0.05) is 31.7 Å². The van der Waals surface area contributed by atoms with Crippen LogP contribution >= 0.6 is 11.3 Å². The van der Waals surface area contributed by atoms with Crippen LogP contribution in [-0.2, 0) is 9.84 Å². The van der Waals surface area contributed by atoms with Crippen molar-refractivity contribution in [2.24, 2.45) is 0 Å². The number of carbonyl (C=O) groups excluding carboxylic acids is 1. The maximum Gasteiger partial charge on any atom is 0.254 e. The van der Waals surface area contributed by atoms with Crippen LogP contribution < -0.4 is 4.90 Å². The fraction of sp³-hybridized carbons (Fsp3) is 0.172. The second-order valence-electron chi connectivity index (χ2n) is 9.23. The number of aryl methyl sites for hydroxylation is 1. The molecule has 1 aliphatic rings. The summed E-state index contributed by atoms with van der Waals surface area (Å²) in [5.41, 5.74) is 1.63. The van der Waals surface area contributed by atoms with Gasteiger partial charge in [-0.2, -0.15) is 4.98 Å². The Morgan fingerprint density at radius 3 is 2.37 bits per heavy atom. The van der Waals surface area contributed by atoms with Gasteiger partial charge in [0.05, 0.1) is 9.77 Å². The van der Waals surface area contributed by atoms with Crippen molar-refractivity contribution in [1.29, 1.82) is 0 Å². The van der Waals surface area contributed by atoms with Crippen molar-refractivity contribution < 1.29 is 17.6 Å². The highest BCUT2D eigenvalue weighted by molar-refractivity contribution is 7.91. The van der Waals surface area contributed by atoms with Crippen molar-refractivity contribution in [1.82, 2.24) is 9.88 Å². The number of benzene rings is 3. The summed E-state index contributed by atoms with van der Waals surface area (Å²) in [6.45, 7) is 3.62. The average Bonchev–Trinajstić information content (AvgIpc) is 3.64. The van der Waals surface area contributed by atoms with E-state index in [1.807, 2.05) is 76.7 Å². The van der Waals surface area contributed by atoms with Crippen molar-refractivity contribution in [2.75, 3.05) is 31.1 Å². The first-order valence-corrected chi connectivity index (χ1v) is 14.7. The van der Waals surface area contributed by atoms with Crippen LogP contribution in [0.5, 0.6) is 0 Å². The first kappa shape index (κ1) is 24.4. The van der Waals surface area contributed by atoms with E-state index in [1.54, 1.807) is 24.3 Å². The van der Waals surface area contributed by atoms with Gasteiger partial charge in [-0.15, -0.1) is 11.3 Å². The Kier molecular flexibility index (Phi) is 6.25. The molecule has 192 valence electrons. The molecule has 1 saturated heterocycles. The first-order valence-electron chi connectivity index (χ1n) is 12.3. The van der Waals surface area contributed by atoms with Crippen LogP contribution in [0.15, 0.2) is 98.6 Å². The molecule has 0 saturated carbocycles. The zero-order valence-corrected chi connectivity index (χ0v) is 22.3. The number of amides is 1. The average molecular weight is 544 g/mol. The van der Waals surface area contributed by atoms with Crippen molar-refractivity contribution in [3.8, 4) is 10.8 Å². The molecule has 0 aliphatic carbocycles. The van der Waals surface area contributed by atoms with Crippen LogP contribution in [0.25, 0.3) is 21.5 Å². The molecular formula is C29H25N3O4S2. The fourth-order valence-corrected chi connectivity index (χ4v) is 6.67. The molecule has 0 N–H and O–H groups in total. The minimum Gasteiger partial charge on any atom is -0.418 e. The maximum atomic E-state index is 13.7. The summed E-state index contributed by atoms with van der Waals surface area (Å²) in [7, 11) is -3.93. The minimum absolute atomic E-state index is 0.0363. The van der Waals surface area contributed by atoms with Gasteiger partial charge in [0.2, 0.25) is 26.6 Å². The Morgan fingerprint density at radius 2 is 1.63 bits per heavy atom. The number of rotatable bonds is 5. The molecule has 2 aromatic heterocycles. The van der Waals surface area contributed by atoms with E-state index in [0.29, 0.717) is 31.7 Å². The molecule has 0 spiro atoms. The molecule has 1 fully saturated rings. The highest BCUT2D eigenvalue weighted by atomic mass is 32.2. The number of sulfone groups is 1. The van der Waals surface area contributed by atoms with Crippen molar-refractivity contribution >= 4 is 43.7 Å². The van der Waals surface area contributed by atoms with Crippen molar-refractivity contribution in [2.45, 2.75) is 16.8 Å².